The molecule has 0 heterocycles. The van der Waals surface area contributed by atoms with Crippen molar-refractivity contribution in [2.75, 3.05) is 17.1 Å². The van der Waals surface area contributed by atoms with Crippen molar-refractivity contribution >= 4 is 27.5 Å². The summed E-state index contributed by atoms with van der Waals surface area (Å²) in [5.41, 5.74) is 2.61. The molecule has 220 valence electrons. The van der Waals surface area contributed by atoms with Gasteiger partial charge in [0, 0.05) is 37.5 Å². The smallest absolute Gasteiger partial charge is 0.243 e. The number of anilines is 1. The molecule has 0 aromatic heterocycles. The van der Waals surface area contributed by atoms with Gasteiger partial charge in [0.15, 0.2) is 0 Å². The number of hydrogen-bond donors (Lipinski definition) is 1. The van der Waals surface area contributed by atoms with E-state index in [2.05, 4.69) is 5.32 Å². The lowest BCUT2D eigenvalue weighted by Crippen LogP contribution is -2.52. The van der Waals surface area contributed by atoms with Crippen molar-refractivity contribution in [3.63, 3.8) is 0 Å². The molecule has 0 radical (unpaired) electrons. The molecule has 3 aromatic rings. The Morgan fingerprint density at radius 1 is 0.976 bits per heavy atom. The zero-order valence-electron chi connectivity index (χ0n) is 24.2. The highest BCUT2D eigenvalue weighted by molar-refractivity contribution is 7.92. The highest BCUT2D eigenvalue weighted by Crippen LogP contribution is 2.22. The molecule has 3 rings (SSSR count). The molecule has 1 N–H and O–H groups in total. The first-order valence-electron chi connectivity index (χ1n) is 13.9. The van der Waals surface area contributed by atoms with Gasteiger partial charge in [0.05, 0.1) is 11.9 Å². The number of hydrogen-bond acceptors (Lipinski definition) is 4. The number of sulfonamides is 1. The SMILES string of the molecule is CC[C@H](C)NC(=O)[C@@H](Cc1ccccc1)N(Cc1ccccc1F)C(=O)CCCN(c1cccc(C)c1)S(C)(=O)=O. The molecule has 0 spiro atoms. The van der Waals surface area contributed by atoms with Gasteiger partial charge >= 0.3 is 0 Å². The van der Waals surface area contributed by atoms with E-state index in [0.29, 0.717) is 17.7 Å². The fourth-order valence-corrected chi connectivity index (χ4v) is 5.55. The van der Waals surface area contributed by atoms with E-state index in [1.807, 2.05) is 57.2 Å². The summed E-state index contributed by atoms with van der Waals surface area (Å²) in [5.74, 6) is -1.13. The van der Waals surface area contributed by atoms with E-state index in [9.17, 15) is 22.4 Å². The minimum absolute atomic E-state index is 0.0197. The fourth-order valence-electron chi connectivity index (χ4n) is 4.59. The van der Waals surface area contributed by atoms with Crippen LogP contribution >= 0.6 is 0 Å². The van der Waals surface area contributed by atoms with E-state index < -0.39 is 21.9 Å². The molecule has 0 aliphatic rings. The van der Waals surface area contributed by atoms with Crippen molar-refractivity contribution in [2.45, 2.75) is 65.1 Å². The van der Waals surface area contributed by atoms with E-state index >= 15 is 0 Å². The van der Waals surface area contributed by atoms with Crippen LogP contribution in [0.5, 0.6) is 0 Å². The number of benzene rings is 3. The number of amides is 2. The molecule has 0 saturated carbocycles. The van der Waals surface area contributed by atoms with Gasteiger partial charge < -0.3 is 10.2 Å². The van der Waals surface area contributed by atoms with Crippen LogP contribution in [0.25, 0.3) is 0 Å². The zero-order valence-corrected chi connectivity index (χ0v) is 25.0. The first-order chi connectivity index (χ1) is 19.5. The molecule has 0 aliphatic carbocycles. The molecule has 2 atom stereocenters. The summed E-state index contributed by atoms with van der Waals surface area (Å²) in [7, 11) is -3.60. The van der Waals surface area contributed by atoms with Crippen LogP contribution in [0.3, 0.4) is 0 Å². The number of nitrogens with one attached hydrogen (secondary N) is 1. The van der Waals surface area contributed by atoms with Gasteiger partial charge in [0.25, 0.3) is 0 Å². The molecule has 7 nitrogen and oxygen atoms in total. The number of carbonyl (C=O) groups excluding carboxylic acids is 2. The molecular formula is C32H40FN3O4S. The number of halogens is 1. The van der Waals surface area contributed by atoms with Crippen LogP contribution in [-0.2, 0) is 32.6 Å². The Balaban J connectivity index is 1.90. The first kappa shape index (κ1) is 31.8. The predicted octanol–water partition coefficient (Wildman–Crippen LogP) is 5.24. The molecule has 2 amide bonds. The number of aryl methyl sites for hydroxylation is 1. The lowest BCUT2D eigenvalue weighted by molar-refractivity contribution is -0.141. The summed E-state index contributed by atoms with van der Waals surface area (Å²) in [4.78, 5) is 28.8. The average Bonchev–Trinajstić information content (AvgIpc) is 2.93. The maximum Gasteiger partial charge on any atom is 0.243 e. The number of rotatable bonds is 14. The van der Waals surface area contributed by atoms with Crippen molar-refractivity contribution < 1.29 is 22.4 Å². The van der Waals surface area contributed by atoms with Crippen LogP contribution < -0.4 is 9.62 Å². The summed E-state index contributed by atoms with van der Waals surface area (Å²) in [6, 6.07) is 21.8. The van der Waals surface area contributed by atoms with Crippen molar-refractivity contribution in [3.05, 3.63) is 101 Å². The Kier molecular flexibility index (Phi) is 11.5. The minimum Gasteiger partial charge on any atom is -0.352 e. The number of carbonyl (C=O) groups is 2. The van der Waals surface area contributed by atoms with Crippen molar-refractivity contribution in [1.82, 2.24) is 10.2 Å². The second-order valence-electron chi connectivity index (χ2n) is 10.4. The van der Waals surface area contributed by atoms with Crippen molar-refractivity contribution in [3.8, 4) is 0 Å². The summed E-state index contributed by atoms with van der Waals surface area (Å²) in [6.45, 7) is 5.73. The third kappa shape index (κ3) is 9.42. The molecule has 0 fully saturated rings. The quantitative estimate of drug-likeness (QED) is 0.282. The van der Waals surface area contributed by atoms with Gasteiger partial charge in [-0.15, -0.1) is 0 Å². The molecule has 9 heteroatoms. The third-order valence-corrected chi connectivity index (χ3v) is 8.21. The second-order valence-corrected chi connectivity index (χ2v) is 12.3. The van der Waals surface area contributed by atoms with Gasteiger partial charge in [-0.3, -0.25) is 13.9 Å². The molecule has 0 aliphatic heterocycles. The Morgan fingerprint density at radius 2 is 1.66 bits per heavy atom. The molecule has 0 saturated heterocycles. The fraction of sp³-hybridized carbons (Fsp3) is 0.375. The summed E-state index contributed by atoms with van der Waals surface area (Å²) in [5, 5.41) is 2.99. The zero-order chi connectivity index (χ0) is 30.0. The topological polar surface area (TPSA) is 86.8 Å². The van der Waals surface area contributed by atoms with Crippen LogP contribution in [0.4, 0.5) is 10.1 Å². The van der Waals surface area contributed by atoms with Gasteiger partial charge in [-0.05, 0) is 56.0 Å². The van der Waals surface area contributed by atoms with Crippen LogP contribution in [0.1, 0.15) is 49.8 Å². The highest BCUT2D eigenvalue weighted by Gasteiger charge is 2.31. The molecule has 41 heavy (non-hydrogen) atoms. The largest absolute Gasteiger partial charge is 0.352 e. The molecular weight excluding hydrogens is 541 g/mol. The first-order valence-corrected chi connectivity index (χ1v) is 15.8. The number of nitrogens with zero attached hydrogens (tertiary/aromatic N) is 2. The normalized spacial score (nSPS) is 12.8. The summed E-state index contributed by atoms with van der Waals surface area (Å²) in [6.07, 6.45) is 2.30. The summed E-state index contributed by atoms with van der Waals surface area (Å²) < 4.78 is 41.2. The van der Waals surface area contributed by atoms with Crippen molar-refractivity contribution in [1.29, 1.82) is 0 Å². The lowest BCUT2D eigenvalue weighted by Gasteiger charge is -2.33. The van der Waals surface area contributed by atoms with Crippen molar-refractivity contribution in [2.24, 2.45) is 0 Å². The van der Waals surface area contributed by atoms with Gasteiger partial charge in [-0.25, -0.2) is 12.8 Å². The van der Waals surface area contributed by atoms with E-state index in [0.717, 1.165) is 17.4 Å². The van der Waals surface area contributed by atoms with Crippen LogP contribution in [-0.4, -0.2) is 50.0 Å². The van der Waals surface area contributed by atoms with Crippen LogP contribution in [0.15, 0.2) is 78.9 Å². The monoisotopic (exact) mass is 581 g/mol. The van der Waals surface area contributed by atoms with E-state index in [1.165, 1.54) is 15.3 Å². The summed E-state index contributed by atoms with van der Waals surface area (Å²) >= 11 is 0. The maximum atomic E-state index is 14.8. The second kappa shape index (κ2) is 14.8. The highest BCUT2D eigenvalue weighted by atomic mass is 32.2. The van der Waals surface area contributed by atoms with Crippen LogP contribution in [0.2, 0.25) is 0 Å². The Morgan fingerprint density at radius 3 is 2.29 bits per heavy atom. The van der Waals surface area contributed by atoms with E-state index in [4.69, 9.17) is 0 Å². The van der Waals surface area contributed by atoms with Gasteiger partial charge in [-0.2, -0.15) is 0 Å². The lowest BCUT2D eigenvalue weighted by atomic mass is 10.0. The van der Waals surface area contributed by atoms with Crippen LogP contribution in [0, 0.1) is 12.7 Å². The third-order valence-electron chi connectivity index (χ3n) is 7.01. The molecule has 0 bridgehead atoms. The van der Waals surface area contributed by atoms with Gasteiger partial charge in [-0.1, -0.05) is 67.6 Å². The minimum atomic E-state index is -3.60. The van der Waals surface area contributed by atoms with E-state index in [-0.39, 0.29) is 50.2 Å². The Bertz CT molecular complexity index is 1420. The predicted molar refractivity (Wildman–Crippen MR) is 161 cm³/mol. The Labute approximate surface area is 243 Å². The van der Waals surface area contributed by atoms with Gasteiger partial charge in [0.1, 0.15) is 11.9 Å². The molecule has 0 unspecified atom stereocenters. The van der Waals surface area contributed by atoms with Gasteiger partial charge in [0.2, 0.25) is 21.8 Å². The average molecular weight is 582 g/mol. The standard InChI is InChI=1S/C32H40FN3O4S/c1-5-25(3)34-32(38)30(22-26-14-7-6-8-15-26)35(23-27-16-9-10-18-29(27)33)31(37)19-12-20-36(41(4,39)40)28-17-11-13-24(2)21-28/h6-11,13-18,21,25,30H,5,12,19-20,22-23H2,1-4H3,(H,34,38)/t25-,30+/m0/s1. The maximum absolute atomic E-state index is 14.8. The Hall–Kier alpha value is -3.72. The van der Waals surface area contributed by atoms with E-state index in [1.54, 1.807) is 36.4 Å². The molecule has 3 aromatic carbocycles.